The SMILES string of the molecule is O=c1[nH]nc(C2CC2)cc1-c1nc(-c2cncc(F)c2)nn1Cc1ccccc1F. The van der Waals surface area contributed by atoms with E-state index in [-0.39, 0.29) is 23.8 Å². The van der Waals surface area contributed by atoms with Gasteiger partial charge in [0.15, 0.2) is 11.6 Å². The summed E-state index contributed by atoms with van der Waals surface area (Å²) in [5.41, 5.74) is 1.38. The maximum atomic E-state index is 14.3. The van der Waals surface area contributed by atoms with E-state index in [1.54, 1.807) is 24.3 Å². The number of H-pyrrole nitrogens is 1. The Kier molecular flexibility index (Phi) is 4.42. The molecule has 0 amide bonds. The van der Waals surface area contributed by atoms with Gasteiger partial charge in [-0.25, -0.2) is 23.5 Å². The maximum absolute atomic E-state index is 14.3. The van der Waals surface area contributed by atoms with Gasteiger partial charge in [-0.05, 0) is 31.0 Å². The predicted molar refractivity (Wildman–Crippen MR) is 105 cm³/mol. The lowest BCUT2D eigenvalue weighted by Gasteiger charge is -2.07. The molecule has 3 aromatic heterocycles. The van der Waals surface area contributed by atoms with Gasteiger partial charge in [0.05, 0.1) is 24.0 Å². The molecule has 0 aliphatic heterocycles. The highest BCUT2D eigenvalue weighted by Crippen LogP contribution is 2.39. The summed E-state index contributed by atoms with van der Waals surface area (Å²) < 4.78 is 29.4. The fraction of sp³-hybridized carbons (Fsp3) is 0.190. The normalized spacial score (nSPS) is 13.5. The summed E-state index contributed by atoms with van der Waals surface area (Å²) in [6.45, 7) is 0.0538. The van der Waals surface area contributed by atoms with Crippen LogP contribution in [-0.2, 0) is 6.54 Å². The van der Waals surface area contributed by atoms with Gasteiger partial charge in [0.25, 0.3) is 5.56 Å². The van der Waals surface area contributed by atoms with Crippen LogP contribution in [0, 0.1) is 11.6 Å². The highest BCUT2D eigenvalue weighted by Gasteiger charge is 2.27. The lowest BCUT2D eigenvalue weighted by atomic mass is 10.2. The molecule has 1 aliphatic carbocycles. The van der Waals surface area contributed by atoms with Gasteiger partial charge in [-0.15, -0.1) is 0 Å². The smallest absolute Gasteiger partial charge is 0.267 e. The number of hydrogen-bond donors (Lipinski definition) is 1. The second-order valence-corrected chi connectivity index (χ2v) is 7.21. The minimum Gasteiger partial charge on any atom is -0.267 e. The molecule has 4 aromatic rings. The number of nitrogens with one attached hydrogen (secondary N) is 1. The number of nitrogens with zero attached hydrogens (tertiary/aromatic N) is 5. The van der Waals surface area contributed by atoms with Gasteiger partial charge < -0.3 is 0 Å². The Bertz CT molecular complexity index is 1290. The second-order valence-electron chi connectivity index (χ2n) is 7.21. The molecule has 0 saturated heterocycles. The zero-order chi connectivity index (χ0) is 20.7. The number of hydrogen-bond acceptors (Lipinski definition) is 5. The first-order valence-corrected chi connectivity index (χ1v) is 9.47. The van der Waals surface area contributed by atoms with E-state index in [1.165, 1.54) is 23.0 Å². The molecule has 1 N–H and O–H groups in total. The number of halogens is 2. The average Bonchev–Trinajstić information content (AvgIpc) is 3.51. The Morgan fingerprint density at radius 3 is 2.73 bits per heavy atom. The number of aromatic nitrogens is 6. The van der Waals surface area contributed by atoms with Gasteiger partial charge in [-0.1, -0.05) is 18.2 Å². The van der Waals surface area contributed by atoms with Crippen molar-refractivity contribution in [3.8, 4) is 22.8 Å². The molecule has 0 bridgehead atoms. The van der Waals surface area contributed by atoms with E-state index in [9.17, 15) is 13.6 Å². The van der Waals surface area contributed by atoms with Crippen molar-refractivity contribution in [2.45, 2.75) is 25.3 Å². The predicted octanol–water partition coefficient (Wildman–Crippen LogP) is 3.29. The molecule has 0 atom stereocenters. The molecular formula is C21H16F2N6O. The van der Waals surface area contributed by atoms with E-state index in [1.807, 2.05) is 0 Å². The van der Waals surface area contributed by atoms with Crippen LogP contribution < -0.4 is 5.56 Å². The molecule has 1 saturated carbocycles. The van der Waals surface area contributed by atoms with Gasteiger partial charge in [0, 0.05) is 23.2 Å². The van der Waals surface area contributed by atoms with Crippen LogP contribution in [0.15, 0.2) is 53.6 Å². The first-order chi connectivity index (χ1) is 14.6. The van der Waals surface area contributed by atoms with Gasteiger partial charge >= 0.3 is 0 Å². The third-order valence-corrected chi connectivity index (χ3v) is 4.97. The van der Waals surface area contributed by atoms with Gasteiger partial charge in [-0.3, -0.25) is 9.78 Å². The van der Waals surface area contributed by atoms with E-state index in [4.69, 9.17) is 0 Å². The van der Waals surface area contributed by atoms with Crippen molar-refractivity contribution < 1.29 is 8.78 Å². The molecular weight excluding hydrogens is 390 g/mol. The lowest BCUT2D eigenvalue weighted by Crippen LogP contribution is -2.16. The molecule has 5 rings (SSSR count). The summed E-state index contributed by atoms with van der Waals surface area (Å²) in [4.78, 5) is 20.8. The minimum atomic E-state index is -0.530. The van der Waals surface area contributed by atoms with E-state index >= 15 is 0 Å². The largest absolute Gasteiger partial charge is 0.275 e. The van der Waals surface area contributed by atoms with Crippen molar-refractivity contribution in [1.82, 2.24) is 29.9 Å². The van der Waals surface area contributed by atoms with E-state index in [0.29, 0.717) is 17.0 Å². The Morgan fingerprint density at radius 1 is 1.13 bits per heavy atom. The fourth-order valence-corrected chi connectivity index (χ4v) is 3.27. The lowest BCUT2D eigenvalue weighted by molar-refractivity contribution is 0.587. The Morgan fingerprint density at radius 2 is 1.97 bits per heavy atom. The molecule has 1 aromatic carbocycles. The zero-order valence-corrected chi connectivity index (χ0v) is 15.7. The standard InChI is InChI=1S/C21H16F2N6O/c22-15-7-14(9-24-10-15)19-25-20(16-8-18(12-5-6-12)26-27-21(16)30)29(28-19)11-13-3-1-2-4-17(13)23/h1-4,7-10,12H,5-6,11H2,(H,27,30). The van der Waals surface area contributed by atoms with Crippen LogP contribution in [0.1, 0.15) is 30.0 Å². The van der Waals surface area contributed by atoms with E-state index in [0.717, 1.165) is 24.7 Å². The van der Waals surface area contributed by atoms with Crippen LogP contribution in [0.25, 0.3) is 22.8 Å². The zero-order valence-electron chi connectivity index (χ0n) is 15.7. The topological polar surface area (TPSA) is 89.3 Å². The molecule has 0 unspecified atom stereocenters. The van der Waals surface area contributed by atoms with Gasteiger partial charge in [0.1, 0.15) is 11.6 Å². The fourth-order valence-electron chi connectivity index (χ4n) is 3.27. The van der Waals surface area contributed by atoms with Crippen LogP contribution in [0.5, 0.6) is 0 Å². The molecule has 30 heavy (non-hydrogen) atoms. The number of rotatable bonds is 5. The van der Waals surface area contributed by atoms with Crippen molar-refractivity contribution in [3.63, 3.8) is 0 Å². The summed E-state index contributed by atoms with van der Waals surface area (Å²) in [6, 6.07) is 9.26. The Labute approximate surface area is 169 Å². The first-order valence-electron chi connectivity index (χ1n) is 9.47. The van der Waals surface area contributed by atoms with Gasteiger partial charge in [-0.2, -0.15) is 10.2 Å². The average molecular weight is 406 g/mol. The Balaban J connectivity index is 1.66. The summed E-state index contributed by atoms with van der Waals surface area (Å²) in [5.74, 6) is -0.163. The molecule has 0 radical (unpaired) electrons. The van der Waals surface area contributed by atoms with Crippen molar-refractivity contribution in [1.29, 1.82) is 0 Å². The molecule has 7 nitrogen and oxygen atoms in total. The van der Waals surface area contributed by atoms with E-state index < -0.39 is 17.2 Å². The van der Waals surface area contributed by atoms with Crippen LogP contribution in [0.2, 0.25) is 0 Å². The van der Waals surface area contributed by atoms with Crippen molar-refractivity contribution in [2.24, 2.45) is 0 Å². The summed E-state index contributed by atoms with van der Waals surface area (Å²) in [6.07, 6.45) is 4.54. The molecule has 0 spiro atoms. The van der Waals surface area contributed by atoms with Crippen LogP contribution >= 0.6 is 0 Å². The number of benzene rings is 1. The van der Waals surface area contributed by atoms with Crippen molar-refractivity contribution in [2.75, 3.05) is 0 Å². The van der Waals surface area contributed by atoms with E-state index in [2.05, 4.69) is 25.3 Å². The quantitative estimate of drug-likeness (QED) is 0.549. The summed E-state index contributed by atoms with van der Waals surface area (Å²) in [5, 5.41) is 11.1. The monoisotopic (exact) mass is 406 g/mol. The first kappa shape index (κ1) is 18.3. The van der Waals surface area contributed by atoms with Crippen molar-refractivity contribution in [3.05, 3.63) is 82.0 Å². The van der Waals surface area contributed by atoms with Crippen LogP contribution in [-0.4, -0.2) is 29.9 Å². The third-order valence-electron chi connectivity index (χ3n) is 4.97. The van der Waals surface area contributed by atoms with Crippen molar-refractivity contribution >= 4 is 0 Å². The Hall–Kier alpha value is -3.75. The molecule has 150 valence electrons. The van der Waals surface area contributed by atoms with Gasteiger partial charge in [0.2, 0.25) is 0 Å². The summed E-state index contributed by atoms with van der Waals surface area (Å²) >= 11 is 0. The molecule has 9 heteroatoms. The molecule has 1 aliphatic rings. The highest BCUT2D eigenvalue weighted by molar-refractivity contribution is 5.61. The highest BCUT2D eigenvalue weighted by atomic mass is 19.1. The number of aromatic amines is 1. The molecule has 1 fully saturated rings. The third kappa shape index (κ3) is 3.49. The van der Waals surface area contributed by atoms with Crippen LogP contribution in [0.4, 0.5) is 8.78 Å². The minimum absolute atomic E-state index is 0.0538. The second kappa shape index (κ2) is 7.25. The summed E-state index contributed by atoms with van der Waals surface area (Å²) in [7, 11) is 0. The maximum Gasteiger partial charge on any atom is 0.275 e. The van der Waals surface area contributed by atoms with Crippen LogP contribution in [0.3, 0.4) is 0 Å². The number of pyridine rings is 1. The molecule has 3 heterocycles.